The first-order valence-electron chi connectivity index (χ1n) is 9.89. The van der Waals surface area contributed by atoms with Gasteiger partial charge >= 0.3 is 0 Å². The van der Waals surface area contributed by atoms with E-state index in [0.29, 0.717) is 18.9 Å². The Bertz CT molecular complexity index is 661. The molecule has 1 atom stereocenters. The largest absolute Gasteiger partial charge is 0.356 e. The van der Waals surface area contributed by atoms with E-state index in [9.17, 15) is 9.59 Å². The fourth-order valence-electron chi connectivity index (χ4n) is 3.67. The van der Waals surface area contributed by atoms with Crippen LogP contribution < -0.4 is 5.32 Å². The lowest BCUT2D eigenvalue weighted by molar-refractivity contribution is -0.133. The summed E-state index contributed by atoms with van der Waals surface area (Å²) in [5.74, 6) is 1.63. The van der Waals surface area contributed by atoms with Crippen LogP contribution in [0.3, 0.4) is 0 Å². The normalized spacial score (nSPS) is 20.1. The van der Waals surface area contributed by atoms with Crippen molar-refractivity contribution in [2.24, 2.45) is 5.92 Å². The Kier molecular flexibility index (Phi) is 5.89. The van der Waals surface area contributed by atoms with Crippen molar-refractivity contribution < 1.29 is 9.59 Å². The molecule has 6 heteroatoms. The zero-order valence-corrected chi connectivity index (χ0v) is 16.2. The Balaban J connectivity index is 1.70. The van der Waals surface area contributed by atoms with Crippen LogP contribution in [0.5, 0.6) is 0 Å². The van der Waals surface area contributed by atoms with Gasteiger partial charge in [0.15, 0.2) is 0 Å². The van der Waals surface area contributed by atoms with Gasteiger partial charge in [0.05, 0.1) is 6.42 Å². The maximum Gasteiger partial charge on any atom is 0.225 e. The quantitative estimate of drug-likeness (QED) is 0.846. The minimum atomic E-state index is 0.0215. The zero-order chi connectivity index (χ0) is 18.7. The van der Waals surface area contributed by atoms with Crippen molar-refractivity contribution in [1.82, 2.24) is 20.2 Å². The molecule has 0 spiro atoms. The maximum absolute atomic E-state index is 12.4. The number of carbonyl (C=O) groups is 2. The van der Waals surface area contributed by atoms with Crippen LogP contribution in [0.15, 0.2) is 0 Å². The number of aromatic nitrogens is 2. The smallest absolute Gasteiger partial charge is 0.225 e. The Morgan fingerprint density at radius 1 is 1.15 bits per heavy atom. The Labute approximate surface area is 155 Å². The van der Waals surface area contributed by atoms with Crippen LogP contribution in [0.4, 0.5) is 0 Å². The van der Waals surface area contributed by atoms with Crippen molar-refractivity contribution in [3.63, 3.8) is 0 Å². The van der Waals surface area contributed by atoms with Gasteiger partial charge < -0.3 is 10.2 Å². The van der Waals surface area contributed by atoms with Crippen molar-refractivity contribution in [2.75, 3.05) is 19.6 Å². The summed E-state index contributed by atoms with van der Waals surface area (Å²) in [5.41, 5.74) is 2.68. The number of hydrogen-bond donors (Lipinski definition) is 1. The van der Waals surface area contributed by atoms with E-state index in [-0.39, 0.29) is 17.7 Å². The van der Waals surface area contributed by atoms with E-state index in [4.69, 9.17) is 9.97 Å². The summed E-state index contributed by atoms with van der Waals surface area (Å²) in [4.78, 5) is 35.9. The third kappa shape index (κ3) is 4.40. The molecule has 0 bridgehead atoms. The molecular formula is C20H30N4O2. The highest BCUT2D eigenvalue weighted by molar-refractivity contribution is 5.81. The summed E-state index contributed by atoms with van der Waals surface area (Å²) in [7, 11) is 0. The lowest BCUT2D eigenvalue weighted by Gasteiger charge is -2.32. The van der Waals surface area contributed by atoms with Gasteiger partial charge in [-0.25, -0.2) is 9.97 Å². The molecule has 1 saturated carbocycles. The van der Waals surface area contributed by atoms with Crippen molar-refractivity contribution in [3.8, 4) is 0 Å². The zero-order valence-electron chi connectivity index (χ0n) is 16.2. The van der Waals surface area contributed by atoms with E-state index in [1.54, 1.807) is 0 Å². The van der Waals surface area contributed by atoms with E-state index in [1.807, 2.05) is 25.7 Å². The monoisotopic (exact) mass is 358 g/mol. The second-order valence-corrected chi connectivity index (χ2v) is 7.66. The van der Waals surface area contributed by atoms with Crippen LogP contribution in [0, 0.1) is 19.8 Å². The maximum atomic E-state index is 12.4. The van der Waals surface area contributed by atoms with E-state index >= 15 is 0 Å². The molecular weight excluding hydrogens is 328 g/mol. The Morgan fingerprint density at radius 2 is 1.85 bits per heavy atom. The predicted octanol–water partition coefficient (Wildman–Crippen LogP) is 2.28. The number of aryl methyl sites for hydroxylation is 2. The van der Waals surface area contributed by atoms with Crippen LogP contribution in [0.25, 0.3) is 0 Å². The van der Waals surface area contributed by atoms with Crippen molar-refractivity contribution >= 4 is 11.8 Å². The SMILES string of the molecule is CCCNC(=O)Cc1c(C)nc([C@H]2CCCN(C(=O)C3CC3)C2)nc1C. The van der Waals surface area contributed by atoms with Gasteiger partial charge in [0, 0.05) is 48.4 Å². The first kappa shape index (κ1) is 18.8. The molecule has 2 heterocycles. The van der Waals surface area contributed by atoms with Gasteiger partial charge in [-0.05, 0) is 46.0 Å². The molecule has 0 unspecified atom stereocenters. The number of piperidine rings is 1. The van der Waals surface area contributed by atoms with Crippen LogP contribution in [-0.4, -0.2) is 46.3 Å². The first-order chi connectivity index (χ1) is 12.5. The number of carbonyl (C=O) groups excluding carboxylic acids is 2. The minimum Gasteiger partial charge on any atom is -0.356 e. The Morgan fingerprint density at radius 3 is 2.46 bits per heavy atom. The van der Waals surface area contributed by atoms with Crippen LogP contribution >= 0.6 is 0 Å². The van der Waals surface area contributed by atoms with Gasteiger partial charge in [-0.2, -0.15) is 0 Å². The topological polar surface area (TPSA) is 75.2 Å². The number of rotatable bonds is 6. The number of nitrogens with zero attached hydrogens (tertiary/aromatic N) is 3. The number of likely N-dealkylation sites (tertiary alicyclic amines) is 1. The van der Waals surface area contributed by atoms with Crippen LogP contribution in [-0.2, 0) is 16.0 Å². The van der Waals surface area contributed by atoms with E-state index in [1.165, 1.54) is 0 Å². The summed E-state index contributed by atoms with van der Waals surface area (Å²) >= 11 is 0. The van der Waals surface area contributed by atoms with E-state index in [2.05, 4.69) is 5.32 Å². The molecule has 2 fully saturated rings. The number of nitrogens with one attached hydrogen (secondary N) is 1. The molecule has 6 nitrogen and oxygen atoms in total. The van der Waals surface area contributed by atoms with E-state index in [0.717, 1.165) is 68.0 Å². The standard InChI is InChI=1S/C20H30N4O2/c1-4-9-21-18(25)11-17-13(2)22-19(23-14(17)3)16-6-5-10-24(12-16)20(26)15-7-8-15/h15-16H,4-12H2,1-3H3,(H,21,25)/t16-/m0/s1. The molecule has 0 radical (unpaired) electrons. The fourth-order valence-corrected chi connectivity index (χ4v) is 3.67. The van der Waals surface area contributed by atoms with Crippen molar-refractivity contribution in [1.29, 1.82) is 0 Å². The second kappa shape index (κ2) is 8.14. The molecule has 26 heavy (non-hydrogen) atoms. The highest BCUT2D eigenvalue weighted by atomic mass is 16.2. The second-order valence-electron chi connectivity index (χ2n) is 7.66. The number of hydrogen-bond acceptors (Lipinski definition) is 4. The van der Waals surface area contributed by atoms with Crippen LogP contribution in [0.2, 0.25) is 0 Å². The van der Waals surface area contributed by atoms with Gasteiger partial charge in [0.2, 0.25) is 11.8 Å². The molecule has 1 aromatic heterocycles. The summed E-state index contributed by atoms with van der Waals surface area (Å²) in [6.45, 7) is 8.23. The molecule has 1 aliphatic carbocycles. The highest BCUT2D eigenvalue weighted by Gasteiger charge is 2.36. The Hall–Kier alpha value is -1.98. The fraction of sp³-hybridized carbons (Fsp3) is 0.700. The lowest BCUT2D eigenvalue weighted by atomic mass is 9.96. The highest BCUT2D eigenvalue weighted by Crippen LogP contribution is 2.34. The van der Waals surface area contributed by atoms with Crippen LogP contribution in [0.1, 0.15) is 67.7 Å². The minimum absolute atomic E-state index is 0.0215. The van der Waals surface area contributed by atoms with Gasteiger partial charge in [0.25, 0.3) is 0 Å². The molecule has 1 aliphatic heterocycles. The summed E-state index contributed by atoms with van der Waals surface area (Å²) in [6, 6.07) is 0. The lowest BCUT2D eigenvalue weighted by Crippen LogP contribution is -2.40. The molecule has 1 saturated heterocycles. The third-order valence-electron chi connectivity index (χ3n) is 5.37. The summed E-state index contributed by atoms with van der Waals surface area (Å²) in [6.07, 6.45) is 5.37. The summed E-state index contributed by atoms with van der Waals surface area (Å²) in [5, 5.41) is 2.91. The average Bonchev–Trinajstić information content (AvgIpc) is 3.47. The molecule has 142 valence electrons. The summed E-state index contributed by atoms with van der Waals surface area (Å²) < 4.78 is 0. The molecule has 2 aliphatic rings. The molecule has 1 aromatic rings. The molecule has 0 aromatic carbocycles. The first-order valence-corrected chi connectivity index (χ1v) is 9.89. The van der Waals surface area contributed by atoms with Gasteiger partial charge in [0.1, 0.15) is 5.82 Å². The number of amides is 2. The molecule has 1 N–H and O–H groups in total. The van der Waals surface area contributed by atoms with Crippen molar-refractivity contribution in [3.05, 3.63) is 22.8 Å². The van der Waals surface area contributed by atoms with Crippen molar-refractivity contribution in [2.45, 2.75) is 65.2 Å². The average molecular weight is 358 g/mol. The molecule has 2 amide bonds. The van der Waals surface area contributed by atoms with E-state index < -0.39 is 0 Å². The predicted molar refractivity (Wildman–Crippen MR) is 99.8 cm³/mol. The van der Waals surface area contributed by atoms with Gasteiger partial charge in [-0.15, -0.1) is 0 Å². The third-order valence-corrected chi connectivity index (χ3v) is 5.37. The van der Waals surface area contributed by atoms with Gasteiger partial charge in [-0.3, -0.25) is 9.59 Å². The van der Waals surface area contributed by atoms with Gasteiger partial charge in [-0.1, -0.05) is 6.92 Å². The molecule has 3 rings (SSSR count).